The van der Waals surface area contributed by atoms with E-state index in [1.165, 1.54) is 11.8 Å². The van der Waals surface area contributed by atoms with Gasteiger partial charge in [0.1, 0.15) is 0 Å². The number of aryl methyl sites for hydroxylation is 2. The summed E-state index contributed by atoms with van der Waals surface area (Å²) in [6.45, 7) is 5.28. The Morgan fingerprint density at radius 1 is 1.27 bits per heavy atom. The molecule has 30 heavy (non-hydrogen) atoms. The van der Waals surface area contributed by atoms with E-state index in [4.69, 9.17) is 9.72 Å². The molecule has 0 bridgehead atoms. The summed E-state index contributed by atoms with van der Waals surface area (Å²) in [4.78, 5) is 30.4. The van der Waals surface area contributed by atoms with E-state index in [0.717, 1.165) is 36.3 Å². The average molecular weight is 424 g/mol. The highest BCUT2D eigenvalue weighted by Crippen LogP contribution is 2.23. The predicted molar refractivity (Wildman–Crippen MR) is 120 cm³/mol. The first-order valence-corrected chi connectivity index (χ1v) is 11.1. The maximum atomic E-state index is 13.3. The third kappa shape index (κ3) is 4.42. The van der Waals surface area contributed by atoms with Gasteiger partial charge in [-0.15, -0.1) is 0 Å². The number of rotatable bonds is 6. The number of hydrogen-bond acceptors (Lipinski definition) is 5. The molecule has 1 aliphatic rings. The van der Waals surface area contributed by atoms with Gasteiger partial charge in [0.25, 0.3) is 5.56 Å². The number of fused-ring (bicyclic) bond motifs is 1. The molecule has 2 heterocycles. The van der Waals surface area contributed by atoms with Gasteiger partial charge in [-0.05, 0) is 50.5 Å². The topological polar surface area (TPSA) is 73.2 Å². The minimum atomic E-state index is -0.130. The Balaban J connectivity index is 1.64. The van der Waals surface area contributed by atoms with Crippen LogP contribution in [0.3, 0.4) is 0 Å². The maximum Gasteiger partial charge on any atom is 0.266 e. The van der Waals surface area contributed by atoms with E-state index in [9.17, 15) is 9.59 Å². The lowest BCUT2D eigenvalue weighted by Crippen LogP contribution is -2.33. The third-order valence-corrected chi connectivity index (χ3v) is 6.16. The van der Waals surface area contributed by atoms with Crippen molar-refractivity contribution in [1.29, 1.82) is 0 Å². The molecule has 0 aliphatic carbocycles. The summed E-state index contributed by atoms with van der Waals surface area (Å²) in [5.74, 6) is 0.0904. The first-order valence-electron chi connectivity index (χ1n) is 10.1. The van der Waals surface area contributed by atoms with Crippen molar-refractivity contribution in [1.82, 2.24) is 14.9 Å². The number of aromatic nitrogens is 2. The van der Waals surface area contributed by atoms with Gasteiger partial charge in [0.05, 0.1) is 28.4 Å². The average Bonchev–Trinajstić information content (AvgIpc) is 3.25. The third-order valence-electron chi connectivity index (χ3n) is 5.22. The second-order valence-electron chi connectivity index (χ2n) is 7.57. The summed E-state index contributed by atoms with van der Waals surface area (Å²) in [6, 6.07) is 13.3. The van der Waals surface area contributed by atoms with Gasteiger partial charge in [-0.3, -0.25) is 14.2 Å². The molecule has 4 rings (SSSR count). The Labute approximate surface area is 179 Å². The van der Waals surface area contributed by atoms with E-state index >= 15 is 0 Å². The lowest BCUT2D eigenvalue weighted by molar-refractivity contribution is -0.119. The van der Waals surface area contributed by atoms with Crippen molar-refractivity contribution >= 4 is 28.6 Å². The molecule has 1 fully saturated rings. The highest BCUT2D eigenvalue weighted by Gasteiger charge is 2.18. The Morgan fingerprint density at radius 2 is 2.10 bits per heavy atom. The van der Waals surface area contributed by atoms with Crippen LogP contribution < -0.4 is 10.9 Å². The van der Waals surface area contributed by atoms with Gasteiger partial charge in [0, 0.05) is 13.2 Å². The molecule has 156 valence electrons. The fourth-order valence-corrected chi connectivity index (χ4v) is 4.53. The zero-order chi connectivity index (χ0) is 21.1. The van der Waals surface area contributed by atoms with Crippen LogP contribution in [0.1, 0.15) is 24.0 Å². The number of carbonyl (C=O) groups is 1. The lowest BCUT2D eigenvalue weighted by atomic mass is 10.1. The van der Waals surface area contributed by atoms with E-state index < -0.39 is 0 Å². The Kier molecular flexibility index (Phi) is 6.20. The molecule has 3 aromatic rings. The van der Waals surface area contributed by atoms with Crippen molar-refractivity contribution in [2.75, 3.05) is 18.9 Å². The van der Waals surface area contributed by atoms with Crippen molar-refractivity contribution in [3.63, 3.8) is 0 Å². The molecule has 0 radical (unpaired) electrons. The van der Waals surface area contributed by atoms with Gasteiger partial charge >= 0.3 is 0 Å². The summed E-state index contributed by atoms with van der Waals surface area (Å²) >= 11 is 1.27. The largest absolute Gasteiger partial charge is 0.376 e. The molecular formula is C23H25N3O3S. The van der Waals surface area contributed by atoms with Crippen molar-refractivity contribution < 1.29 is 9.53 Å². The van der Waals surface area contributed by atoms with Crippen LogP contribution in [0.4, 0.5) is 0 Å². The van der Waals surface area contributed by atoms with E-state index in [1.54, 1.807) is 10.6 Å². The molecular weight excluding hydrogens is 398 g/mol. The van der Waals surface area contributed by atoms with E-state index in [0.29, 0.717) is 22.6 Å². The van der Waals surface area contributed by atoms with Crippen LogP contribution in [0.5, 0.6) is 0 Å². The van der Waals surface area contributed by atoms with Gasteiger partial charge in [0.2, 0.25) is 5.91 Å². The summed E-state index contributed by atoms with van der Waals surface area (Å²) < 4.78 is 7.17. The number of nitrogens with one attached hydrogen (secondary N) is 1. The van der Waals surface area contributed by atoms with Gasteiger partial charge in [-0.25, -0.2) is 4.98 Å². The molecule has 1 amide bonds. The predicted octanol–water partition coefficient (Wildman–Crippen LogP) is 3.39. The van der Waals surface area contributed by atoms with Gasteiger partial charge in [0.15, 0.2) is 5.16 Å². The molecule has 6 nitrogen and oxygen atoms in total. The van der Waals surface area contributed by atoms with Crippen molar-refractivity contribution in [3.8, 4) is 5.69 Å². The number of hydrogen-bond donors (Lipinski definition) is 1. The zero-order valence-corrected chi connectivity index (χ0v) is 18.0. The maximum absolute atomic E-state index is 13.3. The van der Waals surface area contributed by atoms with Crippen LogP contribution in [0.15, 0.2) is 52.4 Å². The normalized spacial score (nSPS) is 16.1. The first-order chi connectivity index (χ1) is 14.5. The minimum Gasteiger partial charge on any atom is -0.376 e. The van der Waals surface area contributed by atoms with Crippen LogP contribution in [-0.4, -0.2) is 40.5 Å². The molecule has 0 spiro atoms. The summed E-state index contributed by atoms with van der Waals surface area (Å²) in [6.07, 6.45) is 2.12. The highest BCUT2D eigenvalue weighted by atomic mass is 32.2. The van der Waals surface area contributed by atoms with E-state index in [-0.39, 0.29) is 23.3 Å². The van der Waals surface area contributed by atoms with Crippen LogP contribution in [-0.2, 0) is 9.53 Å². The summed E-state index contributed by atoms with van der Waals surface area (Å²) in [7, 11) is 0. The minimum absolute atomic E-state index is 0.0925. The highest BCUT2D eigenvalue weighted by molar-refractivity contribution is 7.99. The Bertz CT molecular complexity index is 1140. The number of thioether (sulfide) groups is 1. The number of benzene rings is 2. The van der Waals surface area contributed by atoms with Crippen LogP contribution in [0.25, 0.3) is 16.6 Å². The van der Waals surface area contributed by atoms with Gasteiger partial charge < -0.3 is 10.1 Å². The quantitative estimate of drug-likeness (QED) is 0.486. The van der Waals surface area contributed by atoms with Crippen LogP contribution in [0.2, 0.25) is 0 Å². The SMILES string of the molecule is Cc1ccc(-n2c(SCC(=O)NCC3CCCO3)nc3ccccc3c2=O)c(C)c1. The van der Waals surface area contributed by atoms with Gasteiger partial charge in [-0.2, -0.15) is 0 Å². The number of para-hydroxylation sites is 1. The lowest BCUT2D eigenvalue weighted by Gasteiger charge is -2.16. The summed E-state index contributed by atoms with van der Waals surface area (Å²) in [5, 5.41) is 4.00. The van der Waals surface area contributed by atoms with Crippen LogP contribution in [0, 0.1) is 13.8 Å². The molecule has 1 aromatic heterocycles. The second kappa shape index (κ2) is 9.02. The van der Waals surface area contributed by atoms with Gasteiger partial charge in [-0.1, -0.05) is 41.6 Å². The fraction of sp³-hybridized carbons (Fsp3) is 0.348. The second-order valence-corrected chi connectivity index (χ2v) is 8.51. The summed E-state index contributed by atoms with van der Waals surface area (Å²) in [5.41, 5.74) is 3.39. The first kappa shape index (κ1) is 20.6. The standard InChI is InChI=1S/C23H25N3O3S/c1-15-9-10-20(16(2)12-15)26-22(28)18-7-3-4-8-19(18)25-23(26)30-14-21(27)24-13-17-6-5-11-29-17/h3-4,7-10,12,17H,5-6,11,13-14H2,1-2H3,(H,24,27). The number of carbonyl (C=O) groups excluding carboxylic acids is 1. The Hall–Kier alpha value is -2.64. The van der Waals surface area contributed by atoms with Crippen molar-refractivity contribution in [2.24, 2.45) is 0 Å². The molecule has 1 N–H and O–H groups in total. The number of amides is 1. The van der Waals surface area contributed by atoms with Crippen molar-refractivity contribution in [3.05, 3.63) is 63.9 Å². The molecule has 7 heteroatoms. The molecule has 1 unspecified atom stereocenters. The van der Waals surface area contributed by atoms with Crippen LogP contribution >= 0.6 is 11.8 Å². The molecule has 1 saturated heterocycles. The molecule has 1 aliphatic heterocycles. The molecule has 1 atom stereocenters. The number of nitrogens with zero attached hydrogens (tertiary/aromatic N) is 2. The monoisotopic (exact) mass is 423 g/mol. The number of ether oxygens (including phenoxy) is 1. The molecule has 0 saturated carbocycles. The Morgan fingerprint density at radius 3 is 2.87 bits per heavy atom. The van der Waals surface area contributed by atoms with E-state index in [2.05, 4.69) is 5.32 Å². The zero-order valence-electron chi connectivity index (χ0n) is 17.2. The van der Waals surface area contributed by atoms with Crippen molar-refractivity contribution in [2.45, 2.75) is 37.9 Å². The smallest absolute Gasteiger partial charge is 0.266 e. The van der Waals surface area contributed by atoms with E-state index in [1.807, 2.05) is 50.2 Å². The molecule has 2 aromatic carbocycles. The fourth-order valence-electron chi connectivity index (χ4n) is 3.69.